The summed E-state index contributed by atoms with van der Waals surface area (Å²) in [4.78, 5) is 6.84. The van der Waals surface area contributed by atoms with E-state index in [1.165, 1.54) is 5.52 Å². The summed E-state index contributed by atoms with van der Waals surface area (Å²) in [6.45, 7) is 4.03. The number of likely N-dealkylation sites (N-methyl/N-ethyl adjacent to an activating group) is 1. The van der Waals surface area contributed by atoms with Gasteiger partial charge in [0.15, 0.2) is 0 Å². The van der Waals surface area contributed by atoms with Gasteiger partial charge in [-0.05, 0) is 33.2 Å². The Morgan fingerprint density at radius 2 is 2.06 bits per heavy atom. The summed E-state index contributed by atoms with van der Waals surface area (Å²) in [6.07, 6.45) is 0. The molecule has 2 aromatic rings. The number of hydrogen-bond acceptors (Lipinski definition) is 3. The Morgan fingerprint density at radius 1 is 1.33 bits per heavy atom. The molecule has 0 aliphatic carbocycles. The van der Waals surface area contributed by atoms with Crippen molar-refractivity contribution in [2.75, 3.05) is 20.6 Å². The lowest BCUT2D eigenvalue weighted by Gasteiger charge is -2.18. The topological polar surface area (TPSA) is 33.1 Å². The van der Waals surface area contributed by atoms with Gasteiger partial charge in [-0.3, -0.25) is 0 Å². The van der Waals surface area contributed by atoms with Crippen molar-refractivity contribution in [1.29, 1.82) is 0 Å². The van der Waals surface area contributed by atoms with E-state index in [1.54, 1.807) is 0 Å². The highest BCUT2D eigenvalue weighted by molar-refractivity contribution is 5.75. The van der Waals surface area contributed by atoms with Gasteiger partial charge in [-0.2, -0.15) is 0 Å². The number of para-hydroxylation sites is 2. The first-order chi connectivity index (χ1) is 8.58. The second-order valence-corrected chi connectivity index (χ2v) is 5.12. The summed E-state index contributed by atoms with van der Waals surface area (Å²) < 4.78 is 2.16. The lowest BCUT2D eigenvalue weighted by molar-refractivity contribution is 0.347. The highest BCUT2D eigenvalue weighted by Crippen LogP contribution is 2.13. The highest BCUT2D eigenvalue weighted by atomic mass is 15.1. The fourth-order valence-electron chi connectivity index (χ4n) is 2.23. The van der Waals surface area contributed by atoms with Crippen molar-refractivity contribution in [2.45, 2.75) is 19.5 Å². The first-order valence-electron chi connectivity index (χ1n) is 6.36. The van der Waals surface area contributed by atoms with Crippen LogP contribution in [-0.4, -0.2) is 41.1 Å². The van der Waals surface area contributed by atoms with Crippen molar-refractivity contribution in [3.8, 4) is 0 Å². The molecule has 0 aliphatic heterocycles. The minimum Gasteiger partial charge on any atom is -0.330 e. The van der Waals surface area contributed by atoms with E-state index in [1.807, 2.05) is 6.07 Å². The molecule has 0 fully saturated rings. The third-order valence-electron chi connectivity index (χ3n) is 3.13. The molecule has 1 atom stereocenters. The minimum absolute atomic E-state index is 0.458. The Morgan fingerprint density at radius 3 is 2.72 bits per heavy atom. The Balaban J connectivity index is 2.06. The average Bonchev–Trinajstić information content (AvgIpc) is 2.64. The van der Waals surface area contributed by atoms with Crippen molar-refractivity contribution in [2.24, 2.45) is 7.05 Å². The molecule has 1 aromatic heterocycles. The number of aromatic nitrogens is 2. The summed E-state index contributed by atoms with van der Waals surface area (Å²) in [5.41, 5.74) is 2.26. The number of benzene rings is 1. The summed E-state index contributed by atoms with van der Waals surface area (Å²) >= 11 is 0. The number of rotatable bonds is 5. The van der Waals surface area contributed by atoms with Crippen LogP contribution in [0.5, 0.6) is 0 Å². The molecule has 0 saturated heterocycles. The lowest BCUT2D eigenvalue weighted by Crippen LogP contribution is -2.35. The van der Waals surface area contributed by atoms with Crippen molar-refractivity contribution in [1.82, 2.24) is 19.8 Å². The van der Waals surface area contributed by atoms with Gasteiger partial charge in [-0.15, -0.1) is 0 Å². The van der Waals surface area contributed by atoms with E-state index in [0.29, 0.717) is 6.04 Å². The third-order valence-corrected chi connectivity index (χ3v) is 3.13. The van der Waals surface area contributed by atoms with Gasteiger partial charge in [0.25, 0.3) is 0 Å². The van der Waals surface area contributed by atoms with Crippen molar-refractivity contribution in [3.63, 3.8) is 0 Å². The van der Waals surface area contributed by atoms with Crippen LogP contribution in [0.2, 0.25) is 0 Å². The molecule has 0 aliphatic rings. The van der Waals surface area contributed by atoms with E-state index in [0.717, 1.165) is 24.4 Å². The third kappa shape index (κ3) is 2.89. The molecule has 0 saturated carbocycles. The normalized spacial score (nSPS) is 13.4. The SMILES string of the molecule is CC(CN(C)C)NCc1nc2ccccc2n1C. The van der Waals surface area contributed by atoms with E-state index in [9.17, 15) is 0 Å². The van der Waals surface area contributed by atoms with Crippen LogP contribution in [0.15, 0.2) is 24.3 Å². The van der Waals surface area contributed by atoms with Gasteiger partial charge in [-0.25, -0.2) is 4.98 Å². The molecular weight excluding hydrogens is 224 g/mol. The van der Waals surface area contributed by atoms with E-state index in [4.69, 9.17) is 0 Å². The average molecular weight is 246 g/mol. The molecule has 0 spiro atoms. The molecule has 2 rings (SSSR count). The number of nitrogens with one attached hydrogen (secondary N) is 1. The van der Waals surface area contributed by atoms with Crippen molar-refractivity contribution in [3.05, 3.63) is 30.1 Å². The molecule has 0 bridgehead atoms. The number of aryl methyl sites for hydroxylation is 1. The Kier molecular flexibility index (Phi) is 3.99. The molecule has 4 nitrogen and oxygen atoms in total. The minimum atomic E-state index is 0.458. The molecule has 0 radical (unpaired) electrons. The van der Waals surface area contributed by atoms with Crippen LogP contribution >= 0.6 is 0 Å². The van der Waals surface area contributed by atoms with Gasteiger partial charge in [0, 0.05) is 19.6 Å². The van der Waals surface area contributed by atoms with Crippen molar-refractivity contribution < 1.29 is 0 Å². The maximum absolute atomic E-state index is 4.65. The van der Waals surface area contributed by atoms with E-state index in [2.05, 4.69) is 66.0 Å². The van der Waals surface area contributed by atoms with Gasteiger partial charge in [0.1, 0.15) is 5.82 Å². The number of fused-ring (bicyclic) bond motifs is 1. The summed E-state index contributed by atoms with van der Waals surface area (Å²) in [5.74, 6) is 1.09. The smallest absolute Gasteiger partial charge is 0.123 e. The van der Waals surface area contributed by atoms with E-state index in [-0.39, 0.29) is 0 Å². The Labute approximate surface area is 109 Å². The maximum Gasteiger partial charge on any atom is 0.123 e. The molecule has 1 unspecified atom stereocenters. The predicted octanol–water partition coefficient (Wildman–Crippen LogP) is 1.61. The molecule has 0 amide bonds. The predicted molar refractivity (Wildman–Crippen MR) is 75.6 cm³/mol. The summed E-state index contributed by atoms with van der Waals surface area (Å²) in [6, 6.07) is 8.70. The Hall–Kier alpha value is -1.39. The van der Waals surface area contributed by atoms with Crippen LogP contribution in [0.3, 0.4) is 0 Å². The quantitative estimate of drug-likeness (QED) is 0.870. The standard InChI is InChI=1S/C14H22N4/c1-11(10-17(2)3)15-9-14-16-12-7-5-6-8-13(12)18(14)4/h5-8,11,15H,9-10H2,1-4H3. The largest absolute Gasteiger partial charge is 0.330 e. The van der Waals surface area contributed by atoms with Crippen LogP contribution in [0.4, 0.5) is 0 Å². The van der Waals surface area contributed by atoms with Gasteiger partial charge in [0.2, 0.25) is 0 Å². The second-order valence-electron chi connectivity index (χ2n) is 5.12. The second kappa shape index (κ2) is 5.50. The monoisotopic (exact) mass is 246 g/mol. The maximum atomic E-state index is 4.65. The fraction of sp³-hybridized carbons (Fsp3) is 0.500. The van der Waals surface area contributed by atoms with Gasteiger partial charge >= 0.3 is 0 Å². The van der Waals surface area contributed by atoms with Crippen LogP contribution in [0, 0.1) is 0 Å². The molecule has 4 heteroatoms. The van der Waals surface area contributed by atoms with Crippen LogP contribution in [-0.2, 0) is 13.6 Å². The van der Waals surface area contributed by atoms with Crippen LogP contribution in [0.1, 0.15) is 12.7 Å². The van der Waals surface area contributed by atoms with Gasteiger partial charge in [0.05, 0.1) is 17.6 Å². The molecular formula is C14H22N4. The summed E-state index contributed by atoms with van der Waals surface area (Å²) in [7, 11) is 6.25. The molecule has 1 N–H and O–H groups in total. The van der Waals surface area contributed by atoms with E-state index >= 15 is 0 Å². The molecule has 1 heterocycles. The van der Waals surface area contributed by atoms with Crippen LogP contribution < -0.4 is 5.32 Å². The van der Waals surface area contributed by atoms with E-state index < -0.39 is 0 Å². The lowest BCUT2D eigenvalue weighted by atomic mass is 10.3. The molecule has 18 heavy (non-hydrogen) atoms. The summed E-state index contributed by atoms with van der Waals surface area (Å²) in [5, 5.41) is 3.51. The molecule has 1 aromatic carbocycles. The zero-order valence-electron chi connectivity index (χ0n) is 11.6. The fourth-order valence-corrected chi connectivity index (χ4v) is 2.23. The molecule has 98 valence electrons. The number of imidazole rings is 1. The Bertz CT molecular complexity index is 515. The first kappa shape index (κ1) is 13.1. The zero-order chi connectivity index (χ0) is 13.1. The number of nitrogens with zero attached hydrogens (tertiary/aromatic N) is 3. The number of hydrogen-bond donors (Lipinski definition) is 1. The van der Waals surface area contributed by atoms with Gasteiger partial charge in [-0.1, -0.05) is 12.1 Å². The zero-order valence-corrected chi connectivity index (χ0v) is 11.6. The first-order valence-corrected chi connectivity index (χ1v) is 6.36. The highest BCUT2D eigenvalue weighted by Gasteiger charge is 2.08. The van der Waals surface area contributed by atoms with Crippen molar-refractivity contribution >= 4 is 11.0 Å². The van der Waals surface area contributed by atoms with Gasteiger partial charge < -0.3 is 14.8 Å². The van der Waals surface area contributed by atoms with Crippen LogP contribution in [0.25, 0.3) is 11.0 Å².